The van der Waals surface area contributed by atoms with E-state index in [9.17, 15) is 4.39 Å². The third-order valence-corrected chi connectivity index (χ3v) is 4.01. The molecule has 2 aromatic heterocycles. The number of anilines is 3. The number of hydrogen-bond acceptors (Lipinski definition) is 5. The maximum atomic E-state index is 13.1. The first-order valence-corrected chi connectivity index (χ1v) is 7.92. The van der Waals surface area contributed by atoms with Crippen molar-refractivity contribution >= 4 is 28.5 Å². The van der Waals surface area contributed by atoms with E-state index in [1.165, 1.54) is 12.1 Å². The zero-order valence-corrected chi connectivity index (χ0v) is 13.3. The second-order valence-corrected chi connectivity index (χ2v) is 5.82. The lowest BCUT2D eigenvalue weighted by Crippen LogP contribution is -2.37. The lowest BCUT2D eigenvalue weighted by molar-refractivity contribution is 0.122. The van der Waals surface area contributed by atoms with Crippen LogP contribution in [0.5, 0.6) is 0 Å². The Hall–Kier alpha value is -2.67. The molecule has 7 heteroatoms. The largest absolute Gasteiger partial charge is 0.378 e. The van der Waals surface area contributed by atoms with E-state index in [-0.39, 0.29) is 5.82 Å². The van der Waals surface area contributed by atoms with Crippen LogP contribution in [0.4, 0.5) is 21.8 Å². The molecule has 1 saturated heterocycles. The smallest absolute Gasteiger partial charge is 0.229 e. The molecule has 0 aliphatic carbocycles. The summed E-state index contributed by atoms with van der Waals surface area (Å²) in [7, 11) is 0. The van der Waals surface area contributed by atoms with Crippen LogP contribution in [0.3, 0.4) is 0 Å². The molecule has 2 N–H and O–H groups in total. The van der Waals surface area contributed by atoms with Crippen LogP contribution in [-0.2, 0) is 4.74 Å². The summed E-state index contributed by atoms with van der Waals surface area (Å²) in [6.45, 7) is 4.86. The van der Waals surface area contributed by atoms with E-state index in [0.717, 1.165) is 35.5 Å². The van der Waals surface area contributed by atoms with Gasteiger partial charge < -0.3 is 19.9 Å². The zero-order chi connectivity index (χ0) is 16.5. The summed E-state index contributed by atoms with van der Waals surface area (Å²) >= 11 is 0. The van der Waals surface area contributed by atoms with E-state index in [1.807, 2.05) is 13.0 Å². The van der Waals surface area contributed by atoms with Gasteiger partial charge in [-0.05, 0) is 37.3 Å². The van der Waals surface area contributed by atoms with Gasteiger partial charge in [-0.3, -0.25) is 0 Å². The SMILES string of the molecule is Cc1cc2c(Nc3ccc(F)cc3)nc(N3CCOCC3)nc2[nH]1. The molecule has 3 heterocycles. The minimum atomic E-state index is -0.264. The summed E-state index contributed by atoms with van der Waals surface area (Å²) < 4.78 is 18.5. The predicted molar refractivity (Wildman–Crippen MR) is 91.3 cm³/mol. The summed E-state index contributed by atoms with van der Waals surface area (Å²) in [6, 6.07) is 8.23. The summed E-state index contributed by atoms with van der Waals surface area (Å²) in [5.74, 6) is 1.11. The van der Waals surface area contributed by atoms with Gasteiger partial charge in [-0.25, -0.2) is 4.39 Å². The number of aromatic nitrogens is 3. The number of hydrogen-bond donors (Lipinski definition) is 2. The number of aromatic amines is 1. The van der Waals surface area contributed by atoms with Crippen molar-refractivity contribution in [3.8, 4) is 0 Å². The van der Waals surface area contributed by atoms with E-state index in [0.29, 0.717) is 25.0 Å². The molecule has 1 fully saturated rings. The van der Waals surface area contributed by atoms with Crippen LogP contribution in [-0.4, -0.2) is 41.3 Å². The summed E-state index contributed by atoms with van der Waals surface area (Å²) in [5.41, 5.74) is 2.58. The quantitative estimate of drug-likeness (QED) is 0.774. The molecule has 124 valence electrons. The number of H-pyrrole nitrogens is 1. The first kappa shape index (κ1) is 14.9. The van der Waals surface area contributed by atoms with E-state index in [4.69, 9.17) is 9.72 Å². The van der Waals surface area contributed by atoms with Gasteiger partial charge in [0.05, 0.1) is 18.6 Å². The van der Waals surface area contributed by atoms with Gasteiger partial charge in [0, 0.05) is 24.5 Å². The van der Waals surface area contributed by atoms with Gasteiger partial charge in [-0.1, -0.05) is 0 Å². The third kappa shape index (κ3) is 2.90. The van der Waals surface area contributed by atoms with E-state index in [1.54, 1.807) is 12.1 Å². The Bertz CT molecular complexity index is 855. The van der Waals surface area contributed by atoms with Gasteiger partial charge >= 0.3 is 0 Å². The molecule has 0 atom stereocenters. The highest BCUT2D eigenvalue weighted by molar-refractivity contribution is 5.90. The molecule has 0 saturated carbocycles. The van der Waals surface area contributed by atoms with Crippen molar-refractivity contribution in [1.29, 1.82) is 0 Å². The normalized spacial score (nSPS) is 15.0. The highest BCUT2D eigenvalue weighted by Gasteiger charge is 2.17. The monoisotopic (exact) mass is 327 g/mol. The highest BCUT2D eigenvalue weighted by atomic mass is 19.1. The molecule has 3 aromatic rings. The fourth-order valence-corrected chi connectivity index (χ4v) is 2.80. The Balaban J connectivity index is 1.75. The second kappa shape index (κ2) is 6.09. The van der Waals surface area contributed by atoms with E-state index < -0.39 is 0 Å². The Morgan fingerprint density at radius 3 is 2.67 bits per heavy atom. The average Bonchev–Trinajstić information content (AvgIpc) is 2.98. The van der Waals surface area contributed by atoms with Crippen molar-refractivity contribution in [2.75, 3.05) is 36.5 Å². The van der Waals surface area contributed by atoms with Crippen molar-refractivity contribution in [2.45, 2.75) is 6.92 Å². The van der Waals surface area contributed by atoms with Crippen molar-refractivity contribution in [1.82, 2.24) is 15.0 Å². The number of ether oxygens (including phenoxy) is 1. The lowest BCUT2D eigenvalue weighted by atomic mass is 10.3. The number of halogens is 1. The molecule has 6 nitrogen and oxygen atoms in total. The van der Waals surface area contributed by atoms with Gasteiger partial charge in [0.25, 0.3) is 0 Å². The number of morpholine rings is 1. The minimum absolute atomic E-state index is 0.264. The van der Waals surface area contributed by atoms with Crippen LogP contribution in [0, 0.1) is 12.7 Å². The summed E-state index contributed by atoms with van der Waals surface area (Å²) in [4.78, 5) is 14.7. The molecule has 4 rings (SSSR count). The molecule has 1 aliphatic rings. The number of rotatable bonds is 3. The number of fused-ring (bicyclic) bond motifs is 1. The zero-order valence-electron chi connectivity index (χ0n) is 13.3. The Labute approximate surface area is 138 Å². The van der Waals surface area contributed by atoms with Crippen LogP contribution < -0.4 is 10.2 Å². The molecule has 24 heavy (non-hydrogen) atoms. The van der Waals surface area contributed by atoms with Gasteiger partial charge in [0.2, 0.25) is 5.95 Å². The van der Waals surface area contributed by atoms with Gasteiger partial charge in [-0.2, -0.15) is 9.97 Å². The fourth-order valence-electron chi connectivity index (χ4n) is 2.80. The third-order valence-electron chi connectivity index (χ3n) is 4.01. The molecular formula is C17H18FN5O. The number of aryl methyl sites for hydroxylation is 1. The van der Waals surface area contributed by atoms with E-state index >= 15 is 0 Å². The molecule has 0 spiro atoms. The molecule has 0 unspecified atom stereocenters. The van der Waals surface area contributed by atoms with Crippen molar-refractivity contribution < 1.29 is 9.13 Å². The Morgan fingerprint density at radius 2 is 1.92 bits per heavy atom. The molecule has 0 bridgehead atoms. The van der Waals surface area contributed by atoms with E-state index in [2.05, 4.69) is 20.2 Å². The average molecular weight is 327 g/mol. The van der Waals surface area contributed by atoms with Crippen LogP contribution in [0.1, 0.15) is 5.69 Å². The predicted octanol–water partition coefficient (Wildman–Crippen LogP) is 2.99. The van der Waals surface area contributed by atoms with Gasteiger partial charge in [0.1, 0.15) is 17.3 Å². The molecule has 1 aliphatic heterocycles. The van der Waals surface area contributed by atoms with Crippen LogP contribution >= 0.6 is 0 Å². The number of nitrogens with one attached hydrogen (secondary N) is 2. The number of benzene rings is 1. The van der Waals surface area contributed by atoms with Gasteiger partial charge in [-0.15, -0.1) is 0 Å². The van der Waals surface area contributed by atoms with Crippen LogP contribution in [0.2, 0.25) is 0 Å². The molecule has 1 aromatic carbocycles. The first-order chi connectivity index (χ1) is 11.7. The van der Waals surface area contributed by atoms with Crippen molar-refractivity contribution in [3.05, 3.63) is 41.8 Å². The summed E-state index contributed by atoms with van der Waals surface area (Å²) in [6.07, 6.45) is 0. The molecular weight excluding hydrogens is 309 g/mol. The Morgan fingerprint density at radius 1 is 1.17 bits per heavy atom. The number of nitrogens with zero attached hydrogens (tertiary/aromatic N) is 3. The van der Waals surface area contributed by atoms with Crippen molar-refractivity contribution in [2.24, 2.45) is 0 Å². The second-order valence-electron chi connectivity index (χ2n) is 5.82. The fraction of sp³-hybridized carbons (Fsp3) is 0.294. The van der Waals surface area contributed by atoms with Crippen LogP contribution in [0.15, 0.2) is 30.3 Å². The topological polar surface area (TPSA) is 66.1 Å². The van der Waals surface area contributed by atoms with Crippen LogP contribution in [0.25, 0.3) is 11.0 Å². The molecule has 0 radical (unpaired) electrons. The summed E-state index contributed by atoms with van der Waals surface area (Å²) in [5, 5.41) is 4.18. The lowest BCUT2D eigenvalue weighted by Gasteiger charge is -2.27. The first-order valence-electron chi connectivity index (χ1n) is 7.92. The highest BCUT2D eigenvalue weighted by Crippen LogP contribution is 2.27. The maximum absolute atomic E-state index is 13.1. The molecule has 0 amide bonds. The van der Waals surface area contributed by atoms with Crippen molar-refractivity contribution in [3.63, 3.8) is 0 Å². The Kier molecular flexibility index (Phi) is 3.78. The standard InChI is InChI=1S/C17H18FN5O/c1-11-10-14-15(19-11)21-17(23-6-8-24-9-7-23)22-16(14)20-13-4-2-12(18)3-5-13/h2-5,10H,6-9H2,1H3,(H2,19,20,21,22). The van der Waals surface area contributed by atoms with Gasteiger partial charge in [0.15, 0.2) is 0 Å². The minimum Gasteiger partial charge on any atom is -0.378 e. The maximum Gasteiger partial charge on any atom is 0.229 e.